The summed E-state index contributed by atoms with van der Waals surface area (Å²) >= 11 is 1.01. The van der Waals surface area contributed by atoms with Gasteiger partial charge in [-0.15, -0.1) is 11.3 Å². The number of rotatable bonds is 8. The lowest BCUT2D eigenvalue weighted by atomic mass is 10.3. The Kier molecular flexibility index (Phi) is 6.72. The minimum absolute atomic E-state index is 0.128. The molecule has 0 unspecified atom stereocenters. The fraction of sp³-hybridized carbons (Fsp3) is 0.385. The van der Waals surface area contributed by atoms with Crippen LogP contribution in [0.3, 0.4) is 0 Å². The molecule has 0 saturated carbocycles. The number of carbonyl (C=O) groups excluding carboxylic acids is 1. The molecule has 0 saturated heterocycles. The molecule has 0 bridgehead atoms. The smallest absolute Gasteiger partial charge is 0.346 e. The molecular formula is C13H13N3O4S. The zero-order chi connectivity index (χ0) is 15.7. The maximum Gasteiger partial charge on any atom is 0.346 e. The Bertz CT molecular complexity index is 567. The predicted octanol–water partition coefficient (Wildman–Crippen LogP) is 1.48. The van der Waals surface area contributed by atoms with E-state index in [0.717, 1.165) is 11.3 Å². The first kappa shape index (κ1) is 16.5. The number of hydrogen-bond acceptors (Lipinski definition) is 6. The number of carbonyl (C=O) groups is 2. The van der Waals surface area contributed by atoms with Crippen LogP contribution in [0, 0.1) is 22.7 Å². The van der Waals surface area contributed by atoms with Crippen LogP contribution < -0.4 is 4.74 Å². The highest BCUT2D eigenvalue weighted by atomic mass is 32.1. The van der Waals surface area contributed by atoms with Gasteiger partial charge in [0.1, 0.15) is 10.6 Å². The first-order valence-corrected chi connectivity index (χ1v) is 6.92. The Hall–Kier alpha value is -2.58. The quantitative estimate of drug-likeness (QED) is 0.778. The fourth-order valence-corrected chi connectivity index (χ4v) is 2.14. The Labute approximate surface area is 125 Å². The van der Waals surface area contributed by atoms with Gasteiger partial charge in [0.05, 0.1) is 25.0 Å². The second-order valence-corrected chi connectivity index (χ2v) is 4.85. The molecule has 0 atom stereocenters. The van der Waals surface area contributed by atoms with Crippen molar-refractivity contribution >= 4 is 23.2 Å². The van der Waals surface area contributed by atoms with Gasteiger partial charge >= 0.3 is 5.97 Å². The lowest BCUT2D eigenvalue weighted by molar-refractivity contribution is -0.133. The van der Waals surface area contributed by atoms with E-state index < -0.39 is 5.97 Å². The molecule has 0 fully saturated rings. The minimum Gasteiger partial charge on any atom is -0.483 e. The Morgan fingerprint density at radius 3 is 2.38 bits per heavy atom. The van der Waals surface area contributed by atoms with Crippen molar-refractivity contribution in [3.63, 3.8) is 0 Å². The zero-order valence-electron chi connectivity index (χ0n) is 11.1. The van der Waals surface area contributed by atoms with Crippen LogP contribution in [0.2, 0.25) is 0 Å². The number of aromatic carboxylic acids is 1. The van der Waals surface area contributed by atoms with Gasteiger partial charge in [0.25, 0.3) is 5.91 Å². The highest BCUT2D eigenvalue weighted by Crippen LogP contribution is 2.21. The van der Waals surface area contributed by atoms with Crippen molar-refractivity contribution < 1.29 is 19.4 Å². The summed E-state index contributed by atoms with van der Waals surface area (Å²) < 4.78 is 5.23. The molecule has 1 aromatic heterocycles. The van der Waals surface area contributed by atoms with Crippen LogP contribution in [0.25, 0.3) is 0 Å². The number of carboxylic acid groups (broad SMARTS) is 1. The lowest BCUT2D eigenvalue weighted by Crippen LogP contribution is -2.36. The zero-order valence-corrected chi connectivity index (χ0v) is 11.9. The van der Waals surface area contributed by atoms with E-state index in [2.05, 4.69) is 0 Å². The molecule has 0 aliphatic carbocycles. The Balaban J connectivity index is 2.53. The third-order valence-electron chi connectivity index (χ3n) is 2.49. The summed E-state index contributed by atoms with van der Waals surface area (Å²) in [5.74, 6) is -1.08. The molecule has 0 aromatic carbocycles. The van der Waals surface area contributed by atoms with Crippen molar-refractivity contribution in [3.8, 4) is 17.9 Å². The van der Waals surface area contributed by atoms with E-state index in [4.69, 9.17) is 20.4 Å². The molecule has 7 nitrogen and oxygen atoms in total. The maximum atomic E-state index is 11.9. The van der Waals surface area contributed by atoms with Gasteiger partial charge in [-0.25, -0.2) is 4.79 Å². The van der Waals surface area contributed by atoms with Crippen LogP contribution >= 0.6 is 11.3 Å². The van der Waals surface area contributed by atoms with Crippen LogP contribution in [-0.4, -0.2) is 41.6 Å². The summed E-state index contributed by atoms with van der Waals surface area (Å²) in [5.41, 5.74) is 0. The summed E-state index contributed by atoms with van der Waals surface area (Å²) in [6, 6.07) is 5.22. The second kappa shape index (κ2) is 8.56. The molecule has 21 heavy (non-hydrogen) atoms. The van der Waals surface area contributed by atoms with Crippen LogP contribution in [0.5, 0.6) is 5.75 Å². The van der Waals surface area contributed by atoms with Crippen molar-refractivity contribution in [3.05, 3.63) is 16.3 Å². The van der Waals surface area contributed by atoms with Crippen molar-refractivity contribution in [2.75, 3.05) is 19.7 Å². The van der Waals surface area contributed by atoms with Crippen molar-refractivity contribution in [1.82, 2.24) is 4.90 Å². The van der Waals surface area contributed by atoms with Crippen LogP contribution in [0.4, 0.5) is 0 Å². The highest BCUT2D eigenvalue weighted by molar-refractivity contribution is 7.12. The standard InChI is InChI=1S/C13H13N3O4S/c14-3-1-5-16(6-2-4-15)12(17)8-20-10-7-11(13(18)19)21-9-10/h7,9H,1-2,5-6,8H2,(H,18,19). The van der Waals surface area contributed by atoms with Gasteiger partial charge in [-0.3, -0.25) is 4.79 Å². The molecule has 1 aromatic rings. The van der Waals surface area contributed by atoms with Gasteiger partial charge in [-0.2, -0.15) is 10.5 Å². The summed E-state index contributed by atoms with van der Waals surface area (Å²) in [7, 11) is 0. The van der Waals surface area contributed by atoms with E-state index in [1.807, 2.05) is 12.1 Å². The summed E-state index contributed by atoms with van der Waals surface area (Å²) in [4.78, 5) is 24.2. The van der Waals surface area contributed by atoms with Crippen molar-refractivity contribution in [2.24, 2.45) is 0 Å². The van der Waals surface area contributed by atoms with Crippen LogP contribution in [0.15, 0.2) is 11.4 Å². The first-order chi connectivity index (χ1) is 10.1. The van der Waals surface area contributed by atoms with E-state index in [0.29, 0.717) is 5.75 Å². The van der Waals surface area contributed by atoms with Gasteiger partial charge in [0.15, 0.2) is 6.61 Å². The number of carboxylic acids is 1. The SMILES string of the molecule is N#CCCN(CCC#N)C(=O)COc1csc(C(=O)O)c1. The number of ether oxygens (including phenoxy) is 1. The molecule has 0 aliphatic heterocycles. The van der Waals surface area contributed by atoms with Gasteiger partial charge in [0.2, 0.25) is 0 Å². The molecule has 1 heterocycles. The molecule has 1 rings (SSSR count). The molecule has 8 heteroatoms. The van der Waals surface area contributed by atoms with Gasteiger partial charge in [-0.05, 0) is 0 Å². The van der Waals surface area contributed by atoms with E-state index in [1.165, 1.54) is 16.3 Å². The molecule has 110 valence electrons. The highest BCUT2D eigenvalue weighted by Gasteiger charge is 2.15. The fourth-order valence-electron chi connectivity index (χ4n) is 1.47. The molecule has 1 N–H and O–H groups in total. The number of thiophene rings is 1. The second-order valence-electron chi connectivity index (χ2n) is 3.94. The molecule has 1 amide bonds. The van der Waals surface area contributed by atoms with E-state index in [9.17, 15) is 9.59 Å². The van der Waals surface area contributed by atoms with E-state index >= 15 is 0 Å². The van der Waals surface area contributed by atoms with Crippen LogP contribution in [0.1, 0.15) is 22.5 Å². The Morgan fingerprint density at radius 1 is 1.29 bits per heavy atom. The topological polar surface area (TPSA) is 114 Å². The van der Waals surface area contributed by atoms with Crippen LogP contribution in [-0.2, 0) is 4.79 Å². The van der Waals surface area contributed by atoms with Gasteiger partial charge in [0, 0.05) is 24.5 Å². The predicted molar refractivity (Wildman–Crippen MR) is 73.8 cm³/mol. The average Bonchev–Trinajstić information content (AvgIpc) is 2.94. The largest absolute Gasteiger partial charge is 0.483 e. The molecule has 0 aliphatic rings. The normalized spacial score (nSPS) is 9.43. The third-order valence-corrected chi connectivity index (χ3v) is 3.38. The van der Waals surface area contributed by atoms with E-state index in [-0.39, 0.29) is 43.3 Å². The lowest BCUT2D eigenvalue weighted by Gasteiger charge is -2.20. The maximum absolute atomic E-state index is 11.9. The summed E-state index contributed by atoms with van der Waals surface area (Å²) in [6.07, 6.45) is 0.359. The number of hydrogen-bond donors (Lipinski definition) is 1. The van der Waals surface area contributed by atoms with Gasteiger partial charge < -0.3 is 14.7 Å². The molecule has 0 radical (unpaired) electrons. The third kappa shape index (κ3) is 5.51. The first-order valence-electron chi connectivity index (χ1n) is 6.04. The number of nitrogens with zero attached hydrogens (tertiary/aromatic N) is 3. The minimum atomic E-state index is -1.05. The summed E-state index contributed by atoms with van der Waals surface area (Å²) in [6.45, 7) is 0.224. The van der Waals surface area contributed by atoms with Gasteiger partial charge in [-0.1, -0.05) is 0 Å². The van der Waals surface area contributed by atoms with Crippen molar-refractivity contribution in [1.29, 1.82) is 10.5 Å². The van der Waals surface area contributed by atoms with Crippen molar-refractivity contribution in [2.45, 2.75) is 12.8 Å². The monoisotopic (exact) mass is 307 g/mol. The number of nitriles is 2. The molecule has 0 spiro atoms. The average molecular weight is 307 g/mol. The molecular weight excluding hydrogens is 294 g/mol. The number of amides is 1. The Morgan fingerprint density at radius 2 is 1.90 bits per heavy atom. The van der Waals surface area contributed by atoms with E-state index in [1.54, 1.807) is 0 Å². The summed E-state index contributed by atoms with van der Waals surface area (Å²) in [5, 5.41) is 27.4.